The fourth-order valence-corrected chi connectivity index (χ4v) is 3.53. The minimum Gasteiger partial charge on any atom is -0.298 e. The number of carbonyl (C=O) groups is 1. The van der Waals surface area contributed by atoms with E-state index < -0.39 is 9.84 Å². The topological polar surface area (TPSA) is 51.2 Å². The quantitative estimate of drug-likeness (QED) is 0.799. The molecule has 0 saturated carbocycles. The van der Waals surface area contributed by atoms with Crippen molar-refractivity contribution in [3.8, 4) is 0 Å². The molecule has 0 amide bonds. The van der Waals surface area contributed by atoms with Crippen molar-refractivity contribution in [1.29, 1.82) is 0 Å². The first-order valence-corrected chi connectivity index (χ1v) is 7.29. The first-order valence-electron chi connectivity index (χ1n) is 4.76. The van der Waals surface area contributed by atoms with Crippen molar-refractivity contribution in [2.75, 3.05) is 5.75 Å². The Hall–Kier alpha value is -0.680. The smallest absolute Gasteiger partial charge is 0.194 e. The van der Waals surface area contributed by atoms with Crippen molar-refractivity contribution in [2.45, 2.75) is 24.5 Å². The lowest BCUT2D eigenvalue weighted by atomic mass is 10.1. The number of rotatable bonds is 5. The molecule has 1 heterocycles. The number of sulfone groups is 1. The summed E-state index contributed by atoms with van der Waals surface area (Å²) in [5.74, 6) is -0.756. The fraction of sp³-hybridized carbons (Fsp3) is 0.500. The Labute approximate surface area is 94.0 Å². The van der Waals surface area contributed by atoms with Gasteiger partial charge in [0.15, 0.2) is 15.6 Å². The van der Waals surface area contributed by atoms with E-state index in [9.17, 15) is 13.2 Å². The molecule has 0 aliphatic carbocycles. The lowest BCUT2D eigenvalue weighted by Crippen LogP contribution is -2.21. The molecule has 3 nitrogen and oxygen atoms in total. The third kappa shape index (κ3) is 3.14. The Morgan fingerprint density at radius 1 is 1.53 bits per heavy atom. The molecule has 1 aromatic heterocycles. The van der Waals surface area contributed by atoms with Crippen LogP contribution in [0.2, 0.25) is 0 Å². The molecule has 1 atom stereocenters. The first kappa shape index (κ1) is 12.4. The molecule has 0 saturated heterocycles. The second-order valence-corrected chi connectivity index (χ2v) is 6.63. The van der Waals surface area contributed by atoms with Gasteiger partial charge in [-0.05, 0) is 17.9 Å². The van der Waals surface area contributed by atoms with Crippen LogP contribution in [0.15, 0.2) is 21.7 Å². The highest BCUT2D eigenvalue weighted by atomic mass is 32.2. The lowest BCUT2D eigenvalue weighted by Gasteiger charge is -2.06. The minimum atomic E-state index is -3.40. The maximum atomic E-state index is 11.7. The summed E-state index contributed by atoms with van der Waals surface area (Å²) in [6.07, 6.45) is 0.679. The molecule has 0 aliphatic rings. The number of hydrogen-bond acceptors (Lipinski definition) is 4. The molecule has 0 spiro atoms. The van der Waals surface area contributed by atoms with E-state index in [2.05, 4.69) is 0 Å². The van der Waals surface area contributed by atoms with Crippen LogP contribution >= 0.6 is 11.3 Å². The Morgan fingerprint density at radius 3 is 2.67 bits per heavy atom. The number of ketones is 1. The van der Waals surface area contributed by atoms with Crippen molar-refractivity contribution < 1.29 is 13.2 Å². The number of thiophene rings is 1. The van der Waals surface area contributed by atoms with Crippen LogP contribution in [0.5, 0.6) is 0 Å². The van der Waals surface area contributed by atoms with Crippen LogP contribution in [0.3, 0.4) is 0 Å². The summed E-state index contributed by atoms with van der Waals surface area (Å²) in [6, 6.07) is 3.20. The van der Waals surface area contributed by atoms with Crippen molar-refractivity contribution in [3.63, 3.8) is 0 Å². The van der Waals surface area contributed by atoms with Gasteiger partial charge in [-0.3, -0.25) is 4.79 Å². The zero-order chi connectivity index (χ0) is 11.5. The molecule has 0 aromatic carbocycles. The SMILES string of the molecule is CCC(C)C(=O)CS(=O)(=O)c1cccs1. The van der Waals surface area contributed by atoms with Crippen molar-refractivity contribution in [2.24, 2.45) is 5.92 Å². The highest BCUT2D eigenvalue weighted by molar-refractivity contribution is 7.94. The molecule has 1 unspecified atom stereocenters. The third-order valence-electron chi connectivity index (χ3n) is 2.30. The predicted molar refractivity (Wildman–Crippen MR) is 60.8 cm³/mol. The molecular formula is C10H14O3S2. The summed E-state index contributed by atoms with van der Waals surface area (Å²) in [4.78, 5) is 11.5. The zero-order valence-electron chi connectivity index (χ0n) is 8.76. The van der Waals surface area contributed by atoms with Gasteiger partial charge in [0.1, 0.15) is 9.96 Å². The maximum Gasteiger partial charge on any atom is 0.194 e. The van der Waals surface area contributed by atoms with Gasteiger partial charge in [0.2, 0.25) is 0 Å². The average Bonchev–Trinajstić information content (AvgIpc) is 2.69. The number of hydrogen-bond donors (Lipinski definition) is 0. The standard InChI is InChI=1S/C10H14O3S2/c1-3-8(2)9(11)7-15(12,13)10-5-4-6-14-10/h4-6,8H,3,7H2,1-2H3. The lowest BCUT2D eigenvalue weighted by molar-refractivity contribution is -0.119. The van der Waals surface area contributed by atoms with Gasteiger partial charge in [0.05, 0.1) is 0 Å². The molecule has 0 bridgehead atoms. The molecule has 84 valence electrons. The molecule has 1 rings (SSSR count). The maximum absolute atomic E-state index is 11.7. The predicted octanol–water partition coefficient (Wildman–Crippen LogP) is 2.14. The highest BCUT2D eigenvalue weighted by Crippen LogP contribution is 2.18. The van der Waals surface area contributed by atoms with Crippen molar-refractivity contribution >= 4 is 27.0 Å². The van der Waals surface area contributed by atoms with Gasteiger partial charge >= 0.3 is 0 Å². The van der Waals surface area contributed by atoms with Gasteiger partial charge in [-0.2, -0.15) is 0 Å². The van der Waals surface area contributed by atoms with E-state index in [4.69, 9.17) is 0 Å². The summed E-state index contributed by atoms with van der Waals surface area (Å²) in [6.45, 7) is 3.63. The van der Waals surface area contributed by atoms with E-state index in [1.807, 2.05) is 6.92 Å². The van der Waals surface area contributed by atoms with Crippen molar-refractivity contribution in [1.82, 2.24) is 0 Å². The van der Waals surface area contributed by atoms with E-state index in [0.717, 1.165) is 11.3 Å². The molecule has 0 N–H and O–H groups in total. The van der Waals surface area contributed by atoms with Crippen LogP contribution < -0.4 is 0 Å². The van der Waals surface area contributed by atoms with Crippen LogP contribution in [-0.4, -0.2) is 20.0 Å². The van der Waals surface area contributed by atoms with Crippen molar-refractivity contribution in [3.05, 3.63) is 17.5 Å². The second-order valence-electron chi connectivity index (χ2n) is 3.47. The van der Waals surface area contributed by atoms with Gasteiger partial charge in [0.25, 0.3) is 0 Å². The van der Waals surface area contributed by atoms with E-state index in [0.29, 0.717) is 6.42 Å². The first-order chi connectivity index (χ1) is 6.97. The summed E-state index contributed by atoms with van der Waals surface area (Å²) < 4.78 is 23.7. The summed E-state index contributed by atoms with van der Waals surface area (Å²) >= 11 is 1.15. The van der Waals surface area contributed by atoms with Crippen LogP contribution in [-0.2, 0) is 14.6 Å². The summed E-state index contributed by atoms with van der Waals surface area (Å²) in [5.41, 5.74) is 0. The normalized spacial score (nSPS) is 13.7. The Kier molecular flexibility index (Phi) is 4.04. The zero-order valence-corrected chi connectivity index (χ0v) is 10.4. The molecular weight excluding hydrogens is 232 g/mol. The number of Topliss-reactive ketones (excluding diaryl/α,β-unsaturated/α-hetero) is 1. The molecule has 0 fully saturated rings. The van der Waals surface area contributed by atoms with E-state index >= 15 is 0 Å². The molecule has 15 heavy (non-hydrogen) atoms. The van der Waals surface area contributed by atoms with Crippen LogP contribution in [0.1, 0.15) is 20.3 Å². The molecule has 5 heteroatoms. The highest BCUT2D eigenvalue weighted by Gasteiger charge is 2.22. The van der Waals surface area contributed by atoms with Crippen LogP contribution in [0, 0.1) is 5.92 Å². The third-order valence-corrected chi connectivity index (χ3v) is 5.42. The Morgan fingerprint density at radius 2 is 2.20 bits per heavy atom. The van der Waals surface area contributed by atoms with Gasteiger partial charge in [-0.25, -0.2) is 8.42 Å². The largest absolute Gasteiger partial charge is 0.298 e. The van der Waals surface area contributed by atoms with Crippen LogP contribution in [0.4, 0.5) is 0 Å². The summed E-state index contributed by atoms with van der Waals surface area (Å²) in [5, 5.41) is 1.70. The average molecular weight is 246 g/mol. The van der Waals surface area contributed by atoms with Gasteiger partial charge in [-0.15, -0.1) is 11.3 Å². The van der Waals surface area contributed by atoms with Gasteiger partial charge in [-0.1, -0.05) is 19.9 Å². The Balaban J connectivity index is 2.79. The Bertz CT molecular complexity index is 418. The minimum absolute atomic E-state index is 0.181. The summed E-state index contributed by atoms with van der Waals surface area (Å²) in [7, 11) is -3.40. The number of carbonyl (C=O) groups excluding carboxylic acids is 1. The van der Waals surface area contributed by atoms with E-state index in [-0.39, 0.29) is 21.7 Å². The molecule has 0 aliphatic heterocycles. The van der Waals surface area contributed by atoms with Gasteiger partial charge < -0.3 is 0 Å². The molecule has 1 aromatic rings. The van der Waals surface area contributed by atoms with Gasteiger partial charge in [0, 0.05) is 5.92 Å². The fourth-order valence-electron chi connectivity index (χ4n) is 1.07. The van der Waals surface area contributed by atoms with Crippen LogP contribution in [0.25, 0.3) is 0 Å². The monoisotopic (exact) mass is 246 g/mol. The second kappa shape index (κ2) is 4.90. The molecule has 0 radical (unpaired) electrons. The van der Waals surface area contributed by atoms with E-state index in [1.54, 1.807) is 18.4 Å². The van der Waals surface area contributed by atoms with E-state index in [1.165, 1.54) is 6.07 Å².